The van der Waals surface area contributed by atoms with Crippen LogP contribution in [-0.4, -0.2) is 30.3 Å². The molecule has 1 fully saturated rings. The zero-order chi connectivity index (χ0) is 8.32. The van der Waals surface area contributed by atoms with Crippen molar-refractivity contribution in [1.29, 1.82) is 5.26 Å². The molecule has 0 aromatic rings. The third-order valence-electron chi connectivity index (χ3n) is 2.30. The average molecular weight is 152 g/mol. The van der Waals surface area contributed by atoms with E-state index in [0.717, 1.165) is 19.1 Å². The molecule has 0 aliphatic heterocycles. The van der Waals surface area contributed by atoms with E-state index in [1.54, 1.807) is 0 Å². The van der Waals surface area contributed by atoms with E-state index >= 15 is 0 Å². The lowest BCUT2D eigenvalue weighted by Crippen LogP contribution is -2.35. The van der Waals surface area contributed by atoms with Crippen LogP contribution in [0.2, 0.25) is 0 Å². The van der Waals surface area contributed by atoms with E-state index in [4.69, 9.17) is 5.26 Å². The monoisotopic (exact) mass is 152 g/mol. The molecule has 1 saturated carbocycles. The molecule has 0 atom stereocenters. The van der Waals surface area contributed by atoms with Crippen molar-refractivity contribution in [3.8, 4) is 6.07 Å². The quantitative estimate of drug-likeness (QED) is 0.553. The summed E-state index contributed by atoms with van der Waals surface area (Å²) in [5.74, 6) is 0. The Bertz CT molecular complexity index is 191. The minimum Gasteiger partial charge on any atom is -0.301 e. The molecule has 1 aliphatic carbocycles. The Kier molecular flexibility index (Phi) is 2.25. The van der Waals surface area contributed by atoms with Gasteiger partial charge in [0.25, 0.3) is 0 Å². The summed E-state index contributed by atoms with van der Waals surface area (Å²) in [6.07, 6.45) is 3.42. The summed E-state index contributed by atoms with van der Waals surface area (Å²) < 4.78 is 0. The van der Waals surface area contributed by atoms with E-state index in [0.29, 0.717) is 13.0 Å². The van der Waals surface area contributed by atoms with Gasteiger partial charge in [0.2, 0.25) is 0 Å². The van der Waals surface area contributed by atoms with Gasteiger partial charge < -0.3 is 4.79 Å². The molecular weight excluding hydrogens is 140 g/mol. The smallest absolute Gasteiger partial charge is 0.140 e. The van der Waals surface area contributed by atoms with Crippen molar-refractivity contribution >= 4 is 6.29 Å². The van der Waals surface area contributed by atoms with E-state index < -0.39 is 0 Å². The summed E-state index contributed by atoms with van der Waals surface area (Å²) >= 11 is 0. The first-order valence-electron chi connectivity index (χ1n) is 3.80. The number of rotatable bonds is 4. The van der Waals surface area contributed by atoms with Gasteiger partial charge in [-0.2, -0.15) is 5.26 Å². The fourth-order valence-electron chi connectivity index (χ4n) is 1.16. The molecule has 0 aromatic carbocycles. The zero-order valence-corrected chi connectivity index (χ0v) is 6.71. The number of aldehydes is 1. The number of carbonyl (C=O) groups excluding carboxylic acids is 1. The highest BCUT2D eigenvalue weighted by Gasteiger charge is 2.45. The second-order valence-electron chi connectivity index (χ2n) is 3.05. The van der Waals surface area contributed by atoms with E-state index in [1.807, 2.05) is 11.9 Å². The maximum Gasteiger partial charge on any atom is 0.140 e. The molecule has 0 amide bonds. The Morgan fingerprint density at radius 1 is 1.73 bits per heavy atom. The minimum atomic E-state index is -0.198. The number of nitrogens with zero attached hydrogens (tertiary/aromatic N) is 2. The Hall–Kier alpha value is -0.880. The summed E-state index contributed by atoms with van der Waals surface area (Å²) in [7, 11) is 1.90. The molecule has 0 bridgehead atoms. The van der Waals surface area contributed by atoms with Crippen molar-refractivity contribution in [1.82, 2.24) is 4.90 Å². The highest BCUT2D eigenvalue weighted by Crippen LogP contribution is 2.38. The van der Waals surface area contributed by atoms with Crippen LogP contribution in [0.15, 0.2) is 0 Å². The van der Waals surface area contributed by atoms with Crippen LogP contribution >= 0.6 is 0 Å². The maximum atomic E-state index is 10.6. The first kappa shape index (κ1) is 8.22. The highest BCUT2D eigenvalue weighted by molar-refractivity contribution is 5.68. The van der Waals surface area contributed by atoms with Gasteiger partial charge in [0.15, 0.2) is 0 Å². The molecule has 0 heterocycles. The third kappa shape index (κ3) is 1.58. The summed E-state index contributed by atoms with van der Waals surface area (Å²) in [6.45, 7) is 0.704. The standard InChI is InChI=1S/C8H12N2O/c1-10(6-2-5-9)8(7-11)3-4-8/h7H,2-4,6H2,1H3. The molecule has 1 aliphatic rings. The number of likely N-dealkylation sites (N-methyl/N-ethyl adjacent to an activating group) is 1. The van der Waals surface area contributed by atoms with Gasteiger partial charge >= 0.3 is 0 Å². The van der Waals surface area contributed by atoms with Gasteiger partial charge in [0.05, 0.1) is 11.6 Å². The van der Waals surface area contributed by atoms with Gasteiger partial charge in [-0.1, -0.05) is 0 Å². The van der Waals surface area contributed by atoms with Crippen LogP contribution < -0.4 is 0 Å². The molecule has 0 unspecified atom stereocenters. The lowest BCUT2D eigenvalue weighted by atomic mass is 10.2. The minimum absolute atomic E-state index is 0.198. The second-order valence-corrected chi connectivity index (χ2v) is 3.05. The molecule has 3 nitrogen and oxygen atoms in total. The number of nitriles is 1. The first-order valence-corrected chi connectivity index (χ1v) is 3.80. The molecule has 0 saturated heterocycles. The van der Waals surface area contributed by atoms with Crippen LogP contribution in [0, 0.1) is 11.3 Å². The van der Waals surface area contributed by atoms with Gasteiger partial charge in [-0.25, -0.2) is 0 Å². The van der Waals surface area contributed by atoms with Crippen molar-refractivity contribution in [3.63, 3.8) is 0 Å². The second kappa shape index (κ2) is 3.02. The van der Waals surface area contributed by atoms with E-state index in [1.165, 1.54) is 0 Å². The van der Waals surface area contributed by atoms with Crippen molar-refractivity contribution in [3.05, 3.63) is 0 Å². The van der Waals surface area contributed by atoms with Crippen molar-refractivity contribution < 1.29 is 4.79 Å². The summed E-state index contributed by atoms with van der Waals surface area (Å²) in [5, 5.41) is 8.31. The van der Waals surface area contributed by atoms with E-state index in [2.05, 4.69) is 6.07 Å². The largest absolute Gasteiger partial charge is 0.301 e. The molecule has 0 N–H and O–H groups in total. The van der Waals surface area contributed by atoms with Crippen LogP contribution in [0.5, 0.6) is 0 Å². The Balaban J connectivity index is 2.36. The van der Waals surface area contributed by atoms with Gasteiger partial charge in [-0.3, -0.25) is 4.90 Å². The van der Waals surface area contributed by atoms with Crippen molar-refractivity contribution in [2.24, 2.45) is 0 Å². The lowest BCUT2D eigenvalue weighted by molar-refractivity contribution is -0.113. The van der Waals surface area contributed by atoms with Crippen molar-refractivity contribution in [2.45, 2.75) is 24.8 Å². The predicted octanol–water partition coefficient (Wildman–Crippen LogP) is 0.563. The van der Waals surface area contributed by atoms with E-state index in [9.17, 15) is 4.79 Å². The van der Waals surface area contributed by atoms with Gasteiger partial charge in [0, 0.05) is 13.0 Å². The van der Waals surface area contributed by atoms with Gasteiger partial charge in [-0.15, -0.1) is 0 Å². The summed E-state index contributed by atoms with van der Waals surface area (Å²) in [4.78, 5) is 12.5. The van der Waals surface area contributed by atoms with Gasteiger partial charge in [-0.05, 0) is 19.9 Å². The van der Waals surface area contributed by atoms with Crippen LogP contribution in [0.4, 0.5) is 0 Å². The molecule has 0 spiro atoms. The maximum absolute atomic E-state index is 10.6. The summed E-state index contributed by atoms with van der Waals surface area (Å²) in [5.41, 5.74) is -0.198. The summed E-state index contributed by atoms with van der Waals surface area (Å²) in [6, 6.07) is 2.06. The average Bonchev–Trinajstić information content (AvgIpc) is 2.80. The van der Waals surface area contributed by atoms with E-state index in [-0.39, 0.29) is 5.54 Å². The fourth-order valence-corrected chi connectivity index (χ4v) is 1.16. The molecule has 0 aromatic heterocycles. The highest BCUT2D eigenvalue weighted by atomic mass is 16.1. The topological polar surface area (TPSA) is 44.1 Å². The van der Waals surface area contributed by atoms with Crippen molar-refractivity contribution in [2.75, 3.05) is 13.6 Å². The van der Waals surface area contributed by atoms with Crippen LogP contribution in [0.25, 0.3) is 0 Å². The molecule has 1 rings (SSSR count). The molecule has 60 valence electrons. The van der Waals surface area contributed by atoms with Gasteiger partial charge in [0.1, 0.15) is 6.29 Å². The Morgan fingerprint density at radius 3 is 2.73 bits per heavy atom. The number of hydrogen-bond donors (Lipinski definition) is 0. The Labute approximate surface area is 66.6 Å². The zero-order valence-electron chi connectivity index (χ0n) is 6.71. The normalized spacial score (nSPS) is 19.4. The van der Waals surface area contributed by atoms with Crippen LogP contribution in [-0.2, 0) is 4.79 Å². The number of hydrogen-bond acceptors (Lipinski definition) is 3. The van der Waals surface area contributed by atoms with Crippen LogP contribution in [0.1, 0.15) is 19.3 Å². The fraction of sp³-hybridized carbons (Fsp3) is 0.750. The third-order valence-corrected chi connectivity index (χ3v) is 2.30. The molecule has 11 heavy (non-hydrogen) atoms. The van der Waals surface area contributed by atoms with Crippen LogP contribution in [0.3, 0.4) is 0 Å². The number of carbonyl (C=O) groups is 1. The lowest BCUT2D eigenvalue weighted by Gasteiger charge is -2.20. The predicted molar refractivity (Wildman–Crippen MR) is 40.9 cm³/mol. The molecule has 3 heteroatoms. The molecule has 0 radical (unpaired) electrons. The first-order chi connectivity index (χ1) is 5.25. The SMILES string of the molecule is CN(CCC#N)C1(C=O)CC1. The molecular formula is C8H12N2O. The Morgan fingerprint density at radius 2 is 2.36 bits per heavy atom.